The van der Waals surface area contributed by atoms with Crippen LogP contribution in [-0.2, 0) is 17.8 Å². The fraction of sp³-hybridized carbons (Fsp3) is 0.192. The van der Waals surface area contributed by atoms with Crippen LogP contribution in [-0.4, -0.2) is 27.6 Å². The minimum Gasteiger partial charge on any atom is -0.493 e. The number of amides is 1. The number of nitriles is 1. The van der Waals surface area contributed by atoms with Crippen LogP contribution in [0.3, 0.4) is 0 Å². The van der Waals surface area contributed by atoms with Crippen molar-refractivity contribution in [1.29, 1.82) is 5.26 Å². The second-order valence-electron chi connectivity index (χ2n) is 7.82. The number of aromatic nitrogens is 3. The van der Waals surface area contributed by atoms with Gasteiger partial charge in [-0.05, 0) is 49.2 Å². The van der Waals surface area contributed by atoms with E-state index in [1.54, 1.807) is 30.3 Å². The predicted molar refractivity (Wildman–Crippen MR) is 137 cm³/mol. The lowest BCUT2D eigenvalue weighted by Crippen LogP contribution is -2.16. The van der Waals surface area contributed by atoms with Crippen LogP contribution in [0.1, 0.15) is 28.8 Å². The number of aryl methyl sites for hydroxylation is 2. The molecule has 0 bridgehead atoms. The topological polar surface area (TPSA) is 119 Å². The largest absolute Gasteiger partial charge is 0.493 e. The molecule has 2 aromatic heterocycles. The van der Waals surface area contributed by atoms with Gasteiger partial charge in [-0.15, -0.1) is 0 Å². The van der Waals surface area contributed by atoms with E-state index in [9.17, 15) is 14.9 Å². The van der Waals surface area contributed by atoms with E-state index in [4.69, 9.17) is 9.47 Å². The molecule has 2 heterocycles. The summed E-state index contributed by atoms with van der Waals surface area (Å²) in [6.45, 7) is 3.97. The number of methoxy groups -OCH3 is 1. The van der Waals surface area contributed by atoms with Gasteiger partial charge in [0, 0.05) is 11.8 Å². The van der Waals surface area contributed by atoms with Gasteiger partial charge in [-0.25, -0.2) is 4.98 Å². The molecule has 0 saturated heterocycles. The summed E-state index contributed by atoms with van der Waals surface area (Å²) >= 11 is 1.36. The molecule has 0 aliphatic heterocycles. The van der Waals surface area contributed by atoms with Crippen LogP contribution in [0, 0.1) is 18.3 Å². The Morgan fingerprint density at radius 2 is 1.97 bits per heavy atom. The Morgan fingerprint density at radius 3 is 2.67 bits per heavy atom. The number of hydrogen-bond donors (Lipinski definition) is 1. The third kappa shape index (κ3) is 5.59. The van der Waals surface area contributed by atoms with Crippen molar-refractivity contribution in [2.75, 3.05) is 12.4 Å². The van der Waals surface area contributed by atoms with Crippen molar-refractivity contribution < 1.29 is 14.3 Å². The first-order chi connectivity index (χ1) is 17.4. The number of carbonyl (C=O) groups is 1. The summed E-state index contributed by atoms with van der Waals surface area (Å²) in [5.41, 5.74) is 2.40. The van der Waals surface area contributed by atoms with E-state index in [0.717, 1.165) is 17.0 Å². The van der Waals surface area contributed by atoms with Crippen molar-refractivity contribution in [2.24, 2.45) is 0 Å². The van der Waals surface area contributed by atoms with Crippen LogP contribution in [0.15, 0.2) is 58.9 Å². The number of fused-ring (bicyclic) bond motifs is 1. The molecule has 0 aliphatic carbocycles. The maximum absolute atomic E-state index is 12.6. The molecular weight excluding hydrogens is 478 g/mol. The highest BCUT2D eigenvalue weighted by molar-refractivity contribution is 7.16. The van der Waals surface area contributed by atoms with Gasteiger partial charge in [0.15, 0.2) is 11.5 Å². The highest BCUT2D eigenvalue weighted by atomic mass is 32.1. The Kier molecular flexibility index (Phi) is 7.42. The zero-order valence-electron chi connectivity index (χ0n) is 19.9. The van der Waals surface area contributed by atoms with Crippen molar-refractivity contribution in [2.45, 2.75) is 26.9 Å². The Balaban J connectivity index is 1.50. The number of nitrogens with zero attached hydrogens (tertiary/aromatic N) is 4. The number of nitrogens with one attached hydrogen (secondary N) is 1. The Labute approximate surface area is 211 Å². The molecule has 0 saturated carbocycles. The van der Waals surface area contributed by atoms with Gasteiger partial charge in [0.25, 0.3) is 11.5 Å². The summed E-state index contributed by atoms with van der Waals surface area (Å²) in [5.74, 6) is 0.323. The fourth-order valence-electron chi connectivity index (χ4n) is 3.31. The predicted octanol–water partition coefficient (Wildman–Crippen LogP) is 4.16. The monoisotopic (exact) mass is 501 g/mol. The molecule has 4 rings (SSSR count). The van der Waals surface area contributed by atoms with Crippen LogP contribution in [0.2, 0.25) is 0 Å². The highest BCUT2D eigenvalue weighted by Crippen LogP contribution is 2.29. The lowest BCUT2D eigenvalue weighted by molar-refractivity contribution is -0.112. The van der Waals surface area contributed by atoms with Gasteiger partial charge in [-0.1, -0.05) is 42.0 Å². The molecule has 0 fully saturated rings. The zero-order valence-corrected chi connectivity index (χ0v) is 20.8. The number of carbonyl (C=O) groups excluding carboxylic acids is 1. The minimum atomic E-state index is -0.511. The van der Waals surface area contributed by atoms with E-state index < -0.39 is 5.91 Å². The number of ether oxygens (including phenoxy) is 2. The van der Waals surface area contributed by atoms with Crippen LogP contribution in [0.4, 0.5) is 5.69 Å². The van der Waals surface area contributed by atoms with E-state index in [0.29, 0.717) is 33.4 Å². The molecule has 0 unspecified atom stereocenters. The van der Waals surface area contributed by atoms with E-state index in [2.05, 4.69) is 15.4 Å². The molecule has 10 heteroatoms. The quantitative estimate of drug-likeness (QED) is 0.284. The maximum atomic E-state index is 12.6. The minimum absolute atomic E-state index is 0.0546. The van der Waals surface area contributed by atoms with Crippen molar-refractivity contribution in [3.63, 3.8) is 0 Å². The van der Waals surface area contributed by atoms with Crippen molar-refractivity contribution >= 4 is 34.0 Å². The van der Waals surface area contributed by atoms with Gasteiger partial charge in [0.2, 0.25) is 4.96 Å². The molecule has 1 amide bonds. The van der Waals surface area contributed by atoms with Crippen molar-refractivity contribution in [3.8, 4) is 17.6 Å². The first kappa shape index (κ1) is 24.6. The third-order valence-electron chi connectivity index (χ3n) is 5.19. The second kappa shape index (κ2) is 10.8. The Morgan fingerprint density at radius 1 is 1.19 bits per heavy atom. The Hall–Kier alpha value is -4.49. The van der Waals surface area contributed by atoms with Crippen LogP contribution >= 0.6 is 11.3 Å². The molecular formula is C26H23N5O4S. The fourth-order valence-corrected chi connectivity index (χ4v) is 4.17. The number of rotatable bonds is 8. The third-order valence-corrected chi connectivity index (χ3v) is 6.24. The van der Waals surface area contributed by atoms with E-state index in [1.165, 1.54) is 35.1 Å². The average Bonchev–Trinajstić information content (AvgIpc) is 3.31. The summed E-state index contributed by atoms with van der Waals surface area (Å²) < 4.78 is 12.6. The van der Waals surface area contributed by atoms with Gasteiger partial charge in [-0.2, -0.15) is 14.9 Å². The zero-order chi connectivity index (χ0) is 25.7. The van der Waals surface area contributed by atoms with Gasteiger partial charge in [0.1, 0.15) is 23.3 Å². The number of anilines is 1. The first-order valence-corrected chi connectivity index (χ1v) is 11.9. The molecule has 2 aromatic carbocycles. The molecule has 36 heavy (non-hydrogen) atoms. The van der Waals surface area contributed by atoms with E-state index >= 15 is 0 Å². The van der Waals surface area contributed by atoms with Gasteiger partial charge in [-0.3, -0.25) is 9.59 Å². The molecule has 9 nitrogen and oxygen atoms in total. The van der Waals surface area contributed by atoms with Crippen molar-refractivity contribution in [3.05, 3.63) is 86.3 Å². The SMILES string of the molecule is CCc1nn2c(=O)cc(COc3ccc(/C=C(\C#N)C(=O)Nc4ccc(C)cc4)cc3OC)nc2s1. The van der Waals surface area contributed by atoms with Crippen molar-refractivity contribution in [1.82, 2.24) is 14.6 Å². The average molecular weight is 502 g/mol. The van der Waals surface area contributed by atoms with Crippen LogP contribution in [0.25, 0.3) is 11.0 Å². The summed E-state index contributed by atoms with van der Waals surface area (Å²) in [6.07, 6.45) is 2.19. The lowest BCUT2D eigenvalue weighted by atomic mass is 10.1. The van der Waals surface area contributed by atoms with Crippen LogP contribution < -0.4 is 20.3 Å². The molecule has 182 valence electrons. The van der Waals surface area contributed by atoms with Gasteiger partial charge in [0.05, 0.1) is 12.8 Å². The summed E-state index contributed by atoms with van der Waals surface area (Å²) in [7, 11) is 1.49. The normalized spacial score (nSPS) is 11.2. The smallest absolute Gasteiger partial charge is 0.275 e. The summed E-state index contributed by atoms with van der Waals surface area (Å²) in [4.78, 5) is 29.9. The van der Waals surface area contributed by atoms with E-state index in [-0.39, 0.29) is 17.7 Å². The molecule has 0 atom stereocenters. The Bertz CT molecular complexity index is 1550. The summed E-state index contributed by atoms with van der Waals surface area (Å²) in [5, 5.41) is 17.3. The molecule has 4 aromatic rings. The maximum Gasteiger partial charge on any atom is 0.275 e. The molecule has 0 spiro atoms. The first-order valence-electron chi connectivity index (χ1n) is 11.1. The summed E-state index contributed by atoms with van der Waals surface area (Å²) in [6, 6.07) is 15.7. The molecule has 0 aliphatic rings. The molecule has 0 radical (unpaired) electrons. The molecule has 1 N–H and O–H groups in total. The second-order valence-corrected chi connectivity index (χ2v) is 8.86. The highest BCUT2D eigenvalue weighted by Gasteiger charge is 2.13. The standard InChI is InChI=1S/C26H23N5O4S/c1-4-23-30-31-24(32)13-20(29-26(31)36-23)15-35-21-10-7-17(12-22(21)34-3)11-18(14-27)25(33)28-19-8-5-16(2)6-9-19/h5-13H,4,15H2,1-3H3,(H,28,33)/b18-11+. The number of hydrogen-bond acceptors (Lipinski definition) is 8. The van der Waals surface area contributed by atoms with Crippen LogP contribution in [0.5, 0.6) is 11.5 Å². The van der Waals surface area contributed by atoms with Gasteiger partial charge >= 0.3 is 0 Å². The lowest BCUT2D eigenvalue weighted by Gasteiger charge is -2.11. The van der Waals surface area contributed by atoms with Gasteiger partial charge < -0.3 is 14.8 Å². The number of benzene rings is 2. The van der Waals surface area contributed by atoms with E-state index in [1.807, 2.05) is 32.0 Å².